The van der Waals surface area contributed by atoms with Gasteiger partial charge in [-0.15, -0.1) is 0 Å². The molecule has 0 saturated carbocycles. The van der Waals surface area contributed by atoms with Crippen LogP contribution in [-0.2, 0) is 6.42 Å². The first-order valence-corrected chi connectivity index (χ1v) is 10.6. The average Bonchev–Trinajstić information content (AvgIpc) is 2.62. The molecule has 22 heavy (non-hydrogen) atoms. The van der Waals surface area contributed by atoms with Gasteiger partial charge < -0.3 is 0 Å². The predicted molar refractivity (Wildman–Crippen MR) is 101 cm³/mol. The molecule has 0 nitrogen and oxygen atoms in total. The van der Waals surface area contributed by atoms with Crippen LogP contribution in [0.3, 0.4) is 0 Å². The normalized spacial score (nSPS) is 12.0. The molecular formula is C21H23P. The molecule has 0 unspecified atom stereocenters. The van der Waals surface area contributed by atoms with Crippen LogP contribution in [0.1, 0.15) is 5.56 Å². The fraction of sp³-hybridized carbons (Fsp3) is 0.143. The zero-order valence-electron chi connectivity index (χ0n) is 13.1. The van der Waals surface area contributed by atoms with Crippen molar-refractivity contribution in [2.45, 2.75) is 6.42 Å². The number of aryl methyl sites for hydroxylation is 1. The Morgan fingerprint density at radius 3 is 1.45 bits per heavy atom. The summed E-state index contributed by atoms with van der Waals surface area (Å²) in [6.07, 6.45) is 2.39. The molecule has 3 aromatic carbocycles. The molecule has 3 rings (SSSR count). The van der Waals surface area contributed by atoms with Gasteiger partial charge in [-0.1, -0.05) is 0 Å². The van der Waals surface area contributed by atoms with Gasteiger partial charge in [0.15, 0.2) is 0 Å². The standard InChI is InChI=1S/C21H23P/c1-22(20-13-7-3-8-14-20,21-15-9-4-10-16-21)18-17-19-11-5-2-6-12-19/h2-16,22H,17-18H2,1H3. The van der Waals surface area contributed by atoms with Gasteiger partial charge in [0, 0.05) is 0 Å². The van der Waals surface area contributed by atoms with Crippen LogP contribution in [0.25, 0.3) is 0 Å². The summed E-state index contributed by atoms with van der Waals surface area (Å²) in [5.41, 5.74) is 1.44. The van der Waals surface area contributed by atoms with Gasteiger partial charge in [0.1, 0.15) is 0 Å². The van der Waals surface area contributed by atoms with Crippen molar-refractivity contribution < 1.29 is 0 Å². The van der Waals surface area contributed by atoms with E-state index in [-0.39, 0.29) is 0 Å². The van der Waals surface area contributed by atoms with Crippen molar-refractivity contribution in [3.05, 3.63) is 96.6 Å². The topological polar surface area (TPSA) is 0 Å². The SMILES string of the molecule is C[PH](CCc1ccccc1)(c1ccccc1)c1ccccc1. The first kappa shape index (κ1) is 15.0. The molecule has 0 aromatic heterocycles. The van der Waals surface area contributed by atoms with Crippen molar-refractivity contribution in [2.75, 3.05) is 12.8 Å². The fourth-order valence-electron chi connectivity index (χ4n) is 3.11. The molecule has 3 aromatic rings. The summed E-state index contributed by atoms with van der Waals surface area (Å²) < 4.78 is 0. The van der Waals surface area contributed by atoms with Crippen molar-refractivity contribution in [3.63, 3.8) is 0 Å². The molecule has 112 valence electrons. The van der Waals surface area contributed by atoms with E-state index in [1.165, 1.54) is 22.3 Å². The molecule has 0 amide bonds. The van der Waals surface area contributed by atoms with Crippen molar-refractivity contribution in [1.29, 1.82) is 0 Å². The van der Waals surface area contributed by atoms with Gasteiger partial charge in [0.05, 0.1) is 0 Å². The van der Waals surface area contributed by atoms with E-state index in [9.17, 15) is 0 Å². The molecule has 1 heteroatoms. The molecule has 0 fully saturated rings. The van der Waals surface area contributed by atoms with Gasteiger partial charge in [0.25, 0.3) is 0 Å². The summed E-state index contributed by atoms with van der Waals surface area (Å²) in [6.45, 7) is 2.50. The minimum atomic E-state index is -1.68. The Morgan fingerprint density at radius 1 is 0.591 bits per heavy atom. The van der Waals surface area contributed by atoms with Gasteiger partial charge in [-0.25, -0.2) is 0 Å². The number of rotatable bonds is 5. The summed E-state index contributed by atoms with van der Waals surface area (Å²) in [7, 11) is -1.68. The Labute approximate surface area is 134 Å². The zero-order chi connectivity index (χ0) is 15.3. The zero-order valence-corrected chi connectivity index (χ0v) is 14.1. The Morgan fingerprint density at radius 2 is 1.00 bits per heavy atom. The molecule has 0 atom stereocenters. The van der Waals surface area contributed by atoms with Crippen molar-refractivity contribution in [1.82, 2.24) is 0 Å². The molecule has 0 radical (unpaired) electrons. The van der Waals surface area contributed by atoms with Crippen molar-refractivity contribution in [3.8, 4) is 0 Å². The van der Waals surface area contributed by atoms with Gasteiger partial charge in [-0.05, 0) is 0 Å². The number of hydrogen-bond donors (Lipinski definition) is 0. The third-order valence-electron chi connectivity index (χ3n) is 4.58. The van der Waals surface area contributed by atoms with Crippen LogP contribution in [0.2, 0.25) is 0 Å². The maximum absolute atomic E-state index is 2.50. The van der Waals surface area contributed by atoms with E-state index in [1.54, 1.807) is 0 Å². The quantitative estimate of drug-likeness (QED) is 0.618. The summed E-state index contributed by atoms with van der Waals surface area (Å²) >= 11 is 0. The van der Waals surface area contributed by atoms with Crippen LogP contribution in [0, 0.1) is 0 Å². The molecule has 0 aliphatic rings. The number of benzene rings is 3. The molecule has 0 aliphatic heterocycles. The molecule has 0 N–H and O–H groups in total. The molecular weight excluding hydrogens is 283 g/mol. The van der Waals surface area contributed by atoms with Crippen molar-refractivity contribution in [2.24, 2.45) is 0 Å². The van der Waals surface area contributed by atoms with E-state index < -0.39 is 7.26 Å². The van der Waals surface area contributed by atoms with Crippen LogP contribution in [0.5, 0.6) is 0 Å². The van der Waals surface area contributed by atoms with Gasteiger partial charge in [-0.2, -0.15) is 0 Å². The monoisotopic (exact) mass is 306 g/mol. The van der Waals surface area contributed by atoms with Gasteiger partial charge in [0.2, 0.25) is 0 Å². The molecule has 0 saturated heterocycles. The van der Waals surface area contributed by atoms with Crippen LogP contribution < -0.4 is 10.6 Å². The summed E-state index contributed by atoms with van der Waals surface area (Å²) in [6, 6.07) is 33.0. The summed E-state index contributed by atoms with van der Waals surface area (Å²) in [4.78, 5) is 0. The van der Waals surface area contributed by atoms with Crippen molar-refractivity contribution >= 4 is 17.9 Å². The predicted octanol–water partition coefficient (Wildman–Crippen LogP) is 4.26. The molecule has 0 aliphatic carbocycles. The Kier molecular flexibility index (Phi) is 4.71. The minimum absolute atomic E-state index is 1.15. The first-order chi connectivity index (χ1) is 10.8. The first-order valence-electron chi connectivity index (χ1n) is 7.94. The average molecular weight is 306 g/mol. The van der Waals surface area contributed by atoms with E-state index >= 15 is 0 Å². The number of hydrogen-bond acceptors (Lipinski definition) is 0. The van der Waals surface area contributed by atoms with Gasteiger partial charge >= 0.3 is 134 Å². The second-order valence-corrected chi connectivity index (χ2v) is 10.4. The van der Waals surface area contributed by atoms with E-state index in [2.05, 4.69) is 97.7 Å². The fourth-order valence-corrected chi connectivity index (χ4v) is 6.66. The van der Waals surface area contributed by atoms with Crippen LogP contribution >= 0.6 is 7.26 Å². The summed E-state index contributed by atoms with van der Waals surface area (Å²) in [5, 5.41) is 3.05. The maximum atomic E-state index is 2.50. The van der Waals surface area contributed by atoms with E-state index in [0.717, 1.165) is 6.42 Å². The third kappa shape index (κ3) is 3.29. The van der Waals surface area contributed by atoms with E-state index in [0.29, 0.717) is 0 Å². The molecule has 0 heterocycles. The molecule has 0 spiro atoms. The van der Waals surface area contributed by atoms with Crippen LogP contribution in [0.4, 0.5) is 0 Å². The van der Waals surface area contributed by atoms with Crippen LogP contribution in [0.15, 0.2) is 91.0 Å². The van der Waals surface area contributed by atoms with Gasteiger partial charge in [-0.3, -0.25) is 0 Å². The van der Waals surface area contributed by atoms with E-state index in [1.807, 2.05) is 0 Å². The Bertz CT molecular complexity index is 650. The van der Waals surface area contributed by atoms with Crippen LogP contribution in [-0.4, -0.2) is 12.8 Å². The van der Waals surface area contributed by atoms with E-state index in [4.69, 9.17) is 0 Å². The second-order valence-electron chi connectivity index (χ2n) is 6.05. The Balaban J connectivity index is 1.93. The Hall–Kier alpha value is -1.91. The third-order valence-corrected chi connectivity index (χ3v) is 9.04. The summed E-state index contributed by atoms with van der Waals surface area (Å²) in [5.74, 6) is 0. The molecule has 0 bridgehead atoms. The second kappa shape index (κ2) is 6.90.